The maximum atomic E-state index is 13.0. The highest BCUT2D eigenvalue weighted by molar-refractivity contribution is 5.77. The second kappa shape index (κ2) is 10.1. The summed E-state index contributed by atoms with van der Waals surface area (Å²) in [6.45, 7) is 0.103. The zero-order valence-electron chi connectivity index (χ0n) is 17.9. The second-order valence-electron chi connectivity index (χ2n) is 7.97. The van der Waals surface area contributed by atoms with E-state index in [0.717, 1.165) is 29.9 Å². The lowest BCUT2D eigenvalue weighted by molar-refractivity contribution is -0.184. The molecule has 1 heterocycles. The molecule has 1 unspecified atom stereocenters. The molecule has 1 aliphatic heterocycles. The summed E-state index contributed by atoms with van der Waals surface area (Å²) in [5.41, 5.74) is -2.11. The Labute approximate surface area is 187 Å². The lowest BCUT2D eigenvalue weighted by atomic mass is 9.95. The minimum atomic E-state index is -4.95. The van der Waals surface area contributed by atoms with E-state index in [0.29, 0.717) is 18.7 Å². The van der Waals surface area contributed by atoms with Gasteiger partial charge in [0.05, 0.1) is 17.7 Å². The summed E-state index contributed by atoms with van der Waals surface area (Å²) >= 11 is 0. The fourth-order valence-electron chi connectivity index (χ4n) is 3.85. The predicted octanol–water partition coefficient (Wildman–Crippen LogP) is 5.84. The van der Waals surface area contributed by atoms with Gasteiger partial charge in [0, 0.05) is 13.1 Å². The SMILES string of the molecule is CN(OCc1cc(C(F)(F)F)cc(C(F)(F)F)c1)C(=O)CN1CCCCC1c1ccccc1. The standard InChI is InChI=1S/C23H24F6N2O2/c1-30(21(32)14-31-10-6-5-9-20(31)17-7-3-2-4-8-17)33-15-16-11-18(22(24,25)26)13-19(12-16)23(27,28)29/h2-4,7-8,11-13,20H,5-6,9-10,14-15H2,1H3. The largest absolute Gasteiger partial charge is 0.416 e. The van der Waals surface area contributed by atoms with Crippen molar-refractivity contribution >= 4 is 5.91 Å². The van der Waals surface area contributed by atoms with E-state index in [-0.39, 0.29) is 24.2 Å². The van der Waals surface area contributed by atoms with Crippen LogP contribution in [-0.4, -0.2) is 36.0 Å². The van der Waals surface area contributed by atoms with Gasteiger partial charge in [0.1, 0.15) is 6.61 Å². The van der Waals surface area contributed by atoms with Crippen LogP contribution in [-0.2, 0) is 28.6 Å². The molecule has 1 fully saturated rings. The van der Waals surface area contributed by atoms with E-state index >= 15 is 0 Å². The van der Waals surface area contributed by atoms with Crippen molar-refractivity contribution in [2.75, 3.05) is 20.1 Å². The average molecular weight is 474 g/mol. The van der Waals surface area contributed by atoms with E-state index in [1.165, 1.54) is 7.05 Å². The molecule has 0 bridgehead atoms. The molecule has 1 aliphatic rings. The third kappa shape index (κ3) is 6.70. The van der Waals surface area contributed by atoms with Crippen LogP contribution in [0.4, 0.5) is 26.3 Å². The molecule has 10 heteroatoms. The third-order valence-corrected chi connectivity index (χ3v) is 5.56. The number of hydroxylamine groups is 2. The number of amides is 1. The van der Waals surface area contributed by atoms with Crippen LogP contribution in [0, 0.1) is 0 Å². The first-order valence-electron chi connectivity index (χ1n) is 10.4. The van der Waals surface area contributed by atoms with Gasteiger partial charge in [0.25, 0.3) is 5.91 Å². The lowest BCUT2D eigenvalue weighted by Crippen LogP contribution is -2.42. The number of hydrogen-bond donors (Lipinski definition) is 0. The summed E-state index contributed by atoms with van der Waals surface area (Å²) in [6.07, 6.45) is -7.07. The normalized spacial score (nSPS) is 17.7. The van der Waals surface area contributed by atoms with Crippen LogP contribution in [0.3, 0.4) is 0 Å². The van der Waals surface area contributed by atoms with Gasteiger partial charge in [-0.05, 0) is 48.7 Å². The fraction of sp³-hybridized carbons (Fsp3) is 0.435. The third-order valence-electron chi connectivity index (χ3n) is 5.56. The average Bonchev–Trinajstić information content (AvgIpc) is 2.77. The van der Waals surface area contributed by atoms with E-state index in [9.17, 15) is 31.1 Å². The van der Waals surface area contributed by atoms with Gasteiger partial charge in [0.2, 0.25) is 0 Å². The van der Waals surface area contributed by atoms with Crippen molar-refractivity contribution in [3.05, 3.63) is 70.8 Å². The molecular weight excluding hydrogens is 450 g/mol. The zero-order chi connectivity index (χ0) is 24.2. The summed E-state index contributed by atoms with van der Waals surface area (Å²) in [5.74, 6) is -0.444. The van der Waals surface area contributed by atoms with Crippen LogP contribution in [0.2, 0.25) is 0 Å². The number of benzene rings is 2. The van der Waals surface area contributed by atoms with Crippen molar-refractivity contribution in [3.8, 4) is 0 Å². The Bertz CT molecular complexity index is 914. The number of likely N-dealkylation sites (tertiary alicyclic amines) is 1. The molecule has 1 amide bonds. The Hall–Kier alpha value is -2.59. The van der Waals surface area contributed by atoms with E-state index in [1.54, 1.807) is 0 Å². The molecule has 4 nitrogen and oxygen atoms in total. The molecule has 180 valence electrons. The van der Waals surface area contributed by atoms with Gasteiger partial charge in [-0.1, -0.05) is 36.8 Å². The molecule has 3 rings (SSSR count). The fourth-order valence-corrected chi connectivity index (χ4v) is 3.85. The van der Waals surface area contributed by atoms with Gasteiger partial charge in [-0.25, -0.2) is 5.06 Å². The maximum Gasteiger partial charge on any atom is 0.416 e. The molecular formula is C23H24F6N2O2. The first kappa shape index (κ1) is 25.0. The molecule has 1 saturated heterocycles. The number of likely N-dealkylation sites (N-methyl/N-ethyl adjacent to an activating group) is 1. The molecule has 1 atom stereocenters. The Kier molecular flexibility index (Phi) is 7.69. The molecule has 0 N–H and O–H groups in total. The minimum absolute atomic E-state index is 0.0203. The Morgan fingerprint density at radius 2 is 1.61 bits per heavy atom. The Morgan fingerprint density at radius 1 is 1.00 bits per heavy atom. The number of rotatable bonds is 6. The summed E-state index contributed by atoms with van der Waals surface area (Å²) in [6, 6.07) is 11.0. The summed E-state index contributed by atoms with van der Waals surface area (Å²) in [5, 5.41) is 0.865. The predicted molar refractivity (Wildman–Crippen MR) is 109 cm³/mol. The van der Waals surface area contributed by atoms with Gasteiger partial charge in [-0.15, -0.1) is 0 Å². The number of nitrogens with zero attached hydrogens (tertiary/aromatic N) is 2. The van der Waals surface area contributed by atoms with Crippen molar-refractivity contribution in [2.24, 2.45) is 0 Å². The van der Waals surface area contributed by atoms with Crippen molar-refractivity contribution in [1.29, 1.82) is 0 Å². The highest BCUT2D eigenvalue weighted by Crippen LogP contribution is 2.36. The number of hydrogen-bond acceptors (Lipinski definition) is 3. The Morgan fingerprint density at radius 3 is 2.18 bits per heavy atom. The van der Waals surface area contributed by atoms with E-state index in [2.05, 4.69) is 0 Å². The van der Waals surface area contributed by atoms with E-state index < -0.39 is 36.0 Å². The molecule has 0 aromatic heterocycles. The lowest BCUT2D eigenvalue weighted by Gasteiger charge is -2.36. The monoisotopic (exact) mass is 474 g/mol. The summed E-state index contributed by atoms with van der Waals surface area (Å²) in [7, 11) is 1.29. The number of piperidine rings is 1. The van der Waals surface area contributed by atoms with E-state index in [4.69, 9.17) is 4.84 Å². The first-order chi connectivity index (χ1) is 15.4. The molecule has 0 radical (unpaired) electrons. The number of carbonyl (C=O) groups excluding carboxylic acids is 1. The molecule has 0 spiro atoms. The summed E-state index contributed by atoms with van der Waals surface area (Å²) < 4.78 is 78.1. The van der Waals surface area contributed by atoms with Crippen LogP contribution in [0.25, 0.3) is 0 Å². The van der Waals surface area contributed by atoms with Gasteiger partial charge in [0.15, 0.2) is 0 Å². The van der Waals surface area contributed by atoms with Gasteiger partial charge in [-0.3, -0.25) is 14.5 Å². The van der Waals surface area contributed by atoms with Gasteiger partial charge in [-0.2, -0.15) is 26.3 Å². The second-order valence-corrected chi connectivity index (χ2v) is 7.97. The Balaban J connectivity index is 1.66. The topological polar surface area (TPSA) is 32.8 Å². The van der Waals surface area contributed by atoms with Crippen LogP contribution in [0.1, 0.15) is 47.6 Å². The van der Waals surface area contributed by atoms with Crippen LogP contribution >= 0.6 is 0 Å². The van der Waals surface area contributed by atoms with Gasteiger partial charge < -0.3 is 0 Å². The minimum Gasteiger partial charge on any atom is -0.287 e. The molecule has 2 aromatic rings. The molecule has 0 saturated carbocycles. The van der Waals surface area contributed by atoms with Crippen molar-refractivity contribution < 1.29 is 36.0 Å². The number of halogens is 6. The smallest absolute Gasteiger partial charge is 0.287 e. The highest BCUT2D eigenvalue weighted by atomic mass is 19.4. The zero-order valence-corrected chi connectivity index (χ0v) is 17.9. The number of carbonyl (C=O) groups is 1. The molecule has 33 heavy (non-hydrogen) atoms. The summed E-state index contributed by atoms with van der Waals surface area (Å²) in [4.78, 5) is 19.9. The van der Waals surface area contributed by atoms with Gasteiger partial charge >= 0.3 is 12.4 Å². The van der Waals surface area contributed by atoms with Crippen LogP contribution in [0.15, 0.2) is 48.5 Å². The van der Waals surface area contributed by atoms with Crippen molar-refractivity contribution in [2.45, 2.75) is 44.3 Å². The van der Waals surface area contributed by atoms with Crippen LogP contribution in [0.5, 0.6) is 0 Å². The first-order valence-corrected chi connectivity index (χ1v) is 10.4. The highest BCUT2D eigenvalue weighted by Gasteiger charge is 2.37. The quantitative estimate of drug-likeness (QED) is 0.390. The van der Waals surface area contributed by atoms with Crippen LogP contribution < -0.4 is 0 Å². The van der Waals surface area contributed by atoms with E-state index in [1.807, 2.05) is 35.2 Å². The molecule has 2 aromatic carbocycles. The van der Waals surface area contributed by atoms with Crippen molar-refractivity contribution in [3.63, 3.8) is 0 Å². The number of alkyl halides is 6. The van der Waals surface area contributed by atoms with Crippen molar-refractivity contribution in [1.82, 2.24) is 9.96 Å². The molecule has 0 aliphatic carbocycles. The maximum absolute atomic E-state index is 13.0.